The van der Waals surface area contributed by atoms with Gasteiger partial charge in [-0.2, -0.15) is 13.2 Å². The van der Waals surface area contributed by atoms with Crippen LogP contribution in [0.1, 0.15) is 19.4 Å². The summed E-state index contributed by atoms with van der Waals surface area (Å²) < 4.78 is 49.1. The normalized spacial score (nSPS) is 13.4. The van der Waals surface area contributed by atoms with Gasteiger partial charge in [-0.15, -0.1) is 0 Å². The fraction of sp³-hybridized carbons (Fsp3) is 0.571. The van der Waals surface area contributed by atoms with Crippen LogP contribution in [0.5, 0.6) is 5.75 Å². The molecule has 0 aliphatic carbocycles. The van der Waals surface area contributed by atoms with Gasteiger partial charge >= 0.3 is 6.18 Å². The van der Waals surface area contributed by atoms with Crippen molar-refractivity contribution in [2.45, 2.75) is 26.1 Å². The Balaban J connectivity index is 3.10. The quantitative estimate of drug-likeness (QED) is 0.865. The molecule has 0 aliphatic rings. The average Bonchev–Trinajstić information content (AvgIpc) is 2.37. The second kappa shape index (κ2) is 6.83. The lowest BCUT2D eigenvalue weighted by Crippen LogP contribution is -2.31. The Morgan fingerprint density at radius 1 is 1.20 bits per heavy atom. The lowest BCUT2D eigenvalue weighted by Gasteiger charge is -2.25. The highest BCUT2D eigenvalue weighted by atomic mass is 19.4. The predicted octanol–water partition coefficient (Wildman–Crippen LogP) is 3.80. The molecule has 1 N–H and O–H groups in total. The second-order valence-corrected chi connectivity index (χ2v) is 4.86. The highest BCUT2D eigenvalue weighted by molar-refractivity contribution is 5.56. The molecule has 1 rings (SSSR count). The summed E-state index contributed by atoms with van der Waals surface area (Å²) >= 11 is 0. The molecule has 114 valence electrons. The van der Waals surface area contributed by atoms with Crippen LogP contribution >= 0.6 is 0 Å². The first-order chi connectivity index (χ1) is 9.29. The van der Waals surface area contributed by atoms with Crippen molar-refractivity contribution in [3.05, 3.63) is 23.8 Å². The molecule has 1 atom stereocenters. The Kier molecular flexibility index (Phi) is 5.68. The van der Waals surface area contributed by atoms with E-state index in [1.165, 1.54) is 26.4 Å². The zero-order valence-electron chi connectivity index (χ0n) is 12.0. The van der Waals surface area contributed by atoms with E-state index in [1.807, 2.05) is 13.8 Å². The molecule has 0 radical (unpaired) electrons. The van der Waals surface area contributed by atoms with E-state index in [1.54, 1.807) is 0 Å². The Hall–Kier alpha value is -1.43. The van der Waals surface area contributed by atoms with Crippen molar-refractivity contribution >= 4 is 5.69 Å². The number of methoxy groups -OCH3 is 2. The van der Waals surface area contributed by atoms with Crippen LogP contribution < -0.4 is 10.1 Å². The molecule has 20 heavy (non-hydrogen) atoms. The van der Waals surface area contributed by atoms with Crippen molar-refractivity contribution in [2.75, 3.05) is 26.1 Å². The maximum Gasteiger partial charge on any atom is 0.418 e. The van der Waals surface area contributed by atoms with Crippen molar-refractivity contribution in [1.29, 1.82) is 0 Å². The fourth-order valence-electron chi connectivity index (χ4n) is 1.79. The standard InChI is InChI=1S/C14H20F3NO2/c1-9(2)13(8-19-3)18-12-6-5-10(20-4)7-11(12)14(15,16)17/h5-7,9,13,18H,8H2,1-4H3. The molecule has 0 saturated heterocycles. The highest BCUT2D eigenvalue weighted by Gasteiger charge is 2.34. The fourth-order valence-corrected chi connectivity index (χ4v) is 1.79. The van der Waals surface area contributed by atoms with E-state index >= 15 is 0 Å². The number of alkyl halides is 3. The van der Waals surface area contributed by atoms with Crippen molar-refractivity contribution in [2.24, 2.45) is 5.92 Å². The summed E-state index contributed by atoms with van der Waals surface area (Å²) in [7, 11) is 2.86. The summed E-state index contributed by atoms with van der Waals surface area (Å²) in [5.74, 6) is 0.314. The van der Waals surface area contributed by atoms with Crippen LogP contribution in [0.2, 0.25) is 0 Å². The molecule has 1 aromatic rings. The van der Waals surface area contributed by atoms with Gasteiger partial charge in [0, 0.05) is 12.8 Å². The van der Waals surface area contributed by atoms with Gasteiger partial charge in [0.1, 0.15) is 5.75 Å². The largest absolute Gasteiger partial charge is 0.497 e. The van der Waals surface area contributed by atoms with Crippen LogP contribution in [0.15, 0.2) is 18.2 Å². The Labute approximate surface area is 117 Å². The van der Waals surface area contributed by atoms with E-state index in [0.717, 1.165) is 6.07 Å². The summed E-state index contributed by atoms with van der Waals surface area (Å²) in [6.07, 6.45) is -4.44. The smallest absolute Gasteiger partial charge is 0.418 e. The lowest BCUT2D eigenvalue weighted by atomic mass is 10.0. The summed E-state index contributed by atoms with van der Waals surface area (Å²) in [5.41, 5.74) is -0.701. The molecule has 0 aromatic heterocycles. The highest BCUT2D eigenvalue weighted by Crippen LogP contribution is 2.37. The van der Waals surface area contributed by atoms with Gasteiger partial charge in [0.15, 0.2) is 0 Å². The Morgan fingerprint density at radius 2 is 1.85 bits per heavy atom. The topological polar surface area (TPSA) is 30.5 Å². The van der Waals surface area contributed by atoms with Crippen LogP contribution in [-0.2, 0) is 10.9 Å². The number of ether oxygens (including phenoxy) is 2. The lowest BCUT2D eigenvalue weighted by molar-refractivity contribution is -0.137. The van der Waals surface area contributed by atoms with Gasteiger partial charge in [-0.1, -0.05) is 13.8 Å². The zero-order valence-corrected chi connectivity index (χ0v) is 12.0. The van der Waals surface area contributed by atoms with Crippen LogP contribution in [0.4, 0.5) is 18.9 Å². The number of nitrogens with one attached hydrogen (secondary N) is 1. The molecule has 6 heteroatoms. The summed E-state index contributed by atoms with van der Waals surface area (Å²) in [4.78, 5) is 0. The van der Waals surface area contributed by atoms with E-state index in [0.29, 0.717) is 6.61 Å². The summed E-state index contributed by atoms with van der Waals surface area (Å²) in [6, 6.07) is 3.68. The Bertz CT molecular complexity index is 433. The summed E-state index contributed by atoms with van der Waals surface area (Å²) in [5, 5.41) is 2.91. The zero-order chi connectivity index (χ0) is 15.3. The van der Waals surface area contributed by atoms with E-state index in [2.05, 4.69) is 5.32 Å². The van der Waals surface area contributed by atoms with E-state index in [9.17, 15) is 13.2 Å². The SMILES string of the molecule is COCC(Nc1ccc(OC)cc1C(F)(F)F)C(C)C. The molecule has 0 aliphatic heterocycles. The molecule has 3 nitrogen and oxygen atoms in total. The molecular formula is C14H20F3NO2. The number of halogens is 3. The minimum atomic E-state index is -4.44. The van der Waals surface area contributed by atoms with E-state index in [-0.39, 0.29) is 23.4 Å². The maximum absolute atomic E-state index is 13.1. The second-order valence-electron chi connectivity index (χ2n) is 4.86. The van der Waals surface area contributed by atoms with E-state index < -0.39 is 11.7 Å². The number of hydrogen-bond acceptors (Lipinski definition) is 3. The van der Waals surface area contributed by atoms with E-state index in [4.69, 9.17) is 9.47 Å². The Morgan fingerprint density at radius 3 is 2.30 bits per heavy atom. The predicted molar refractivity (Wildman–Crippen MR) is 72.1 cm³/mol. The molecule has 0 spiro atoms. The van der Waals surface area contributed by atoms with Crippen LogP contribution in [-0.4, -0.2) is 26.9 Å². The maximum atomic E-state index is 13.1. The van der Waals surface area contributed by atoms with Gasteiger partial charge < -0.3 is 14.8 Å². The van der Waals surface area contributed by atoms with Gasteiger partial charge in [0.05, 0.1) is 25.3 Å². The monoisotopic (exact) mass is 291 g/mol. The van der Waals surface area contributed by atoms with Crippen molar-refractivity contribution in [3.8, 4) is 5.75 Å². The third kappa shape index (κ3) is 4.30. The molecule has 0 heterocycles. The third-order valence-corrected chi connectivity index (χ3v) is 3.02. The van der Waals surface area contributed by atoms with Crippen molar-refractivity contribution in [1.82, 2.24) is 0 Å². The van der Waals surface area contributed by atoms with Gasteiger partial charge in [-0.3, -0.25) is 0 Å². The molecule has 1 aromatic carbocycles. The number of benzene rings is 1. The van der Waals surface area contributed by atoms with Gasteiger partial charge in [0.2, 0.25) is 0 Å². The molecule has 1 unspecified atom stereocenters. The van der Waals surface area contributed by atoms with Crippen molar-refractivity contribution in [3.63, 3.8) is 0 Å². The first-order valence-corrected chi connectivity index (χ1v) is 6.30. The third-order valence-electron chi connectivity index (χ3n) is 3.02. The summed E-state index contributed by atoms with van der Waals surface area (Å²) in [6.45, 7) is 4.18. The average molecular weight is 291 g/mol. The van der Waals surface area contributed by atoms with Gasteiger partial charge in [0.25, 0.3) is 0 Å². The number of rotatable bonds is 6. The van der Waals surface area contributed by atoms with Gasteiger partial charge in [-0.25, -0.2) is 0 Å². The molecular weight excluding hydrogens is 271 g/mol. The minimum Gasteiger partial charge on any atom is -0.497 e. The minimum absolute atomic E-state index is 0.0362. The van der Waals surface area contributed by atoms with Gasteiger partial charge in [-0.05, 0) is 24.1 Å². The first kappa shape index (κ1) is 16.6. The number of anilines is 1. The van der Waals surface area contributed by atoms with Crippen LogP contribution in [0.25, 0.3) is 0 Å². The molecule has 0 bridgehead atoms. The molecule has 0 fully saturated rings. The molecule has 0 amide bonds. The first-order valence-electron chi connectivity index (χ1n) is 6.30. The van der Waals surface area contributed by atoms with Crippen LogP contribution in [0, 0.1) is 5.92 Å². The molecule has 0 saturated carbocycles. The van der Waals surface area contributed by atoms with Crippen LogP contribution in [0.3, 0.4) is 0 Å². The number of hydrogen-bond donors (Lipinski definition) is 1. The van der Waals surface area contributed by atoms with Crippen molar-refractivity contribution < 1.29 is 22.6 Å².